The van der Waals surface area contributed by atoms with E-state index < -0.39 is 5.82 Å². The summed E-state index contributed by atoms with van der Waals surface area (Å²) in [6.45, 7) is 6.63. The Morgan fingerprint density at radius 2 is 1.79 bits per heavy atom. The summed E-state index contributed by atoms with van der Waals surface area (Å²) in [7, 11) is 0. The molecule has 4 aromatic rings. The molecule has 3 aromatic heterocycles. The molecule has 1 saturated heterocycles. The standard InChI is InChI=1S/C14H10ClFN4.C11H15NO/c1-7-8(2)20-14-13(19-7)12(17-6-18-14)10-4-3-9(15)5-11(10)16;1-9-8-10(5-6-12-9)11-4-2-3-7-13-11/h3-6H,1-2H3;5-6,8,11H,2-4,7H2,1H3. The molecule has 0 aliphatic carbocycles. The van der Waals surface area contributed by atoms with Gasteiger partial charge in [-0.1, -0.05) is 11.6 Å². The zero-order valence-electron chi connectivity index (χ0n) is 18.8. The summed E-state index contributed by atoms with van der Waals surface area (Å²) in [5, 5.41) is 0.336. The summed E-state index contributed by atoms with van der Waals surface area (Å²) >= 11 is 5.77. The van der Waals surface area contributed by atoms with Crippen LogP contribution >= 0.6 is 11.6 Å². The van der Waals surface area contributed by atoms with Crippen molar-refractivity contribution in [3.63, 3.8) is 0 Å². The highest BCUT2D eigenvalue weighted by Gasteiger charge is 2.16. The van der Waals surface area contributed by atoms with E-state index in [1.165, 1.54) is 30.8 Å². The van der Waals surface area contributed by atoms with E-state index in [2.05, 4.69) is 37.1 Å². The summed E-state index contributed by atoms with van der Waals surface area (Å²) in [6, 6.07) is 8.62. The lowest BCUT2D eigenvalue weighted by Crippen LogP contribution is -2.11. The minimum Gasteiger partial charge on any atom is -0.374 e. The van der Waals surface area contributed by atoms with Crippen LogP contribution in [-0.4, -0.2) is 31.5 Å². The van der Waals surface area contributed by atoms with Gasteiger partial charge in [0.15, 0.2) is 5.65 Å². The number of rotatable bonds is 2. The molecule has 1 aliphatic heterocycles. The van der Waals surface area contributed by atoms with Gasteiger partial charge in [0.2, 0.25) is 0 Å². The van der Waals surface area contributed by atoms with Crippen molar-refractivity contribution in [1.82, 2.24) is 24.9 Å². The van der Waals surface area contributed by atoms with Gasteiger partial charge in [-0.3, -0.25) is 4.98 Å². The average Bonchev–Trinajstić information content (AvgIpc) is 2.81. The largest absolute Gasteiger partial charge is 0.374 e. The SMILES string of the molecule is Cc1cc(C2CCCCO2)ccn1.Cc1nc2ncnc(-c3ccc(Cl)cc3F)c2nc1C. The molecule has 1 unspecified atom stereocenters. The van der Waals surface area contributed by atoms with Gasteiger partial charge in [0, 0.05) is 29.1 Å². The third-order valence-electron chi connectivity index (χ3n) is 5.54. The Bertz CT molecular complexity index is 1280. The molecule has 0 amide bonds. The molecule has 8 heteroatoms. The van der Waals surface area contributed by atoms with Crippen LogP contribution in [0.2, 0.25) is 5.02 Å². The number of hydrogen-bond acceptors (Lipinski definition) is 6. The minimum absolute atomic E-state index is 0.315. The summed E-state index contributed by atoms with van der Waals surface area (Å²) in [6.07, 6.45) is 7.18. The summed E-state index contributed by atoms with van der Waals surface area (Å²) in [5.41, 5.74) is 5.60. The van der Waals surface area contributed by atoms with Gasteiger partial charge >= 0.3 is 0 Å². The molecule has 4 heterocycles. The Labute approximate surface area is 197 Å². The Kier molecular flexibility index (Phi) is 7.20. The third kappa shape index (κ3) is 5.49. The number of fused-ring (bicyclic) bond motifs is 1. The third-order valence-corrected chi connectivity index (χ3v) is 5.77. The Morgan fingerprint density at radius 3 is 2.52 bits per heavy atom. The van der Waals surface area contributed by atoms with Crippen molar-refractivity contribution in [3.05, 3.63) is 76.3 Å². The van der Waals surface area contributed by atoms with E-state index in [4.69, 9.17) is 16.3 Å². The fraction of sp³-hybridized carbons (Fsp3) is 0.320. The van der Waals surface area contributed by atoms with E-state index in [1.54, 1.807) is 12.1 Å². The second-order valence-electron chi connectivity index (χ2n) is 8.00. The lowest BCUT2D eigenvalue weighted by Gasteiger charge is -2.22. The van der Waals surface area contributed by atoms with Crippen LogP contribution in [0, 0.1) is 26.6 Å². The van der Waals surface area contributed by atoms with Gasteiger partial charge < -0.3 is 4.74 Å². The lowest BCUT2D eigenvalue weighted by atomic mass is 10.0. The zero-order valence-corrected chi connectivity index (χ0v) is 19.6. The van der Waals surface area contributed by atoms with Crippen molar-refractivity contribution in [2.75, 3.05) is 6.61 Å². The van der Waals surface area contributed by atoms with Gasteiger partial charge in [-0.2, -0.15) is 0 Å². The zero-order chi connectivity index (χ0) is 23.4. The van der Waals surface area contributed by atoms with E-state index in [0.717, 1.165) is 30.1 Å². The topological polar surface area (TPSA) is 73.7 Å². The molecule has 33 heavy (non-hydrogen) atoms. The number of halogens is 2. The maximum Gasteiger partial charge on any atom is 0.182 e. The molecular weight excluding hydrogens is 441 g/mol. The van der Waals surface area contributed by atoms with Crippen molar-refractivity contribution < 1.29 is 9.13 Å². The van der Waals surface area contributed by atoms with Crippen LogP contribution in [0.4, 0.5) is 4.39 Å². The van der Waals surface area contributed by atoms with Crippen LogP contribution in [0.5, 0.6) is 0 Å². The van der Waals surface area contributed by atoms with Gasteiger partial charge in [-0.05, 0) is 75.9 Å². The van der Waals surface area contributed by atoms with E-state index in [9.17, 15) is 4.39 Å². The lowest BCUT2D eigenvalue weighted by molar-refractivity contribution is 0.0149. The molecule has 1 atom stereocenters. The van der Waals surface area contributed by atoms with Crippen LogP contribution in [-0.2, 0) is 4.74 Å². The van der Waals surface area contributed by atoms with Gasteiger partial charge in [-0.15, -0.1) is 0 Å². The monoisotopic (exact) mass is 465 g/mol. The quantitative estimate of drug-likeness (QED) is 0.354. The van der Waals surface area contributed by atoms with Crippen molar-refractivity contribution in [1.29, 1.82) is 0 Å². The first-order valence-electron chi connectivity index (χ1n) is 10.9. The molecule has 170 valence electrons. The summed E-state index contributed by atoms with van der Waals surface area (Å²) in [5.74, 6) is -0.447. The minimum atomic E-state index is -0.447. The fourth-order valence-corrected chi connectivity index (χ4v) is 3.85. The second kappa shape index (κ2) is 10.3. The van der Waals surface area contributed by atoms with Crippen LogP contribution < -0.4 is 0 Å². The number of pyridine rings is 1. The number of aromatic nitrogens is 5. The van der Waals surface area contributed by atoms with Gasteiger partial charge in [-0.25, -0.2) is 24.3 Å². The highest BCUT2D eigenvalue weighted by molar-refractivity contribution is 6.30. The molecule has 0 radical (unpaired) electrons. The molecule has 6 nitrogen and oxygen atoms in total. The smallest absolute Gasteiger partial charge is 0.182 e. The number of ether oxygens (including phenoxy) is 1. The predicted molar refractivity (Wildman–Crippen MR) is 127 cm³/mol. The van der Waals surface area contributed by atoms with Gasteiger partial charge in [0.1, 0.15) is 23.4 Å². The summed E-state index contributed by atoms with van der Waals surface area (Å²) in [4.78, 5) is 21.2. The first kappa shape index (κ1) is 23.1. The maximum atomic E-state index is 14.1. The average molecular weight is 466 g/mol. The van der Waals surface area contributed by atoms with Crippen molar-refractivity contribution in [2.24, 2.45) is 0 Å². The number of nitrogens with zero attached hydrogens (tertiary/aromatic N) is 5. The molecule has 1 fully saturated rings. The number of hydrogen-bond donors (Lipinski definition) is 0. The molecule has 0 bridgehead atoms. The molecule has 1 aliphatic rings. The first-order chi connectivity index (χ1) is 15.9. The molecule has 0 saturated carbocycles. The van der Waals surface area contributed by atoms with Gasteiger partial charge in [0.05, 0.1) is 17.5 Å². The second-order valence-corrected chi connectivity index (χ2v) is 8.44. The number of benzene rings is 1. The van der Waals surface area contributed by atoms with E-state index in [0.29, 0.717) is 33.5 Å². The maximum absolute atomic E-state index is 14.1. The molecule has 1 aromatic carbocycles. The van der Waals surface area contributed by atoms with Gasteiger partial charge in [0.25, 0.3) is 0 Å². The molecular formula is C25H25ClFN5O. The Balaban J connectivity index is 0.000000172. The molecule has 0 spiro atoms. The normalized spacial score (nSPS) is 15.7. The van der Waals surface area contributed by atoms with Crippen LogP contribution in [0.15, 0.2) is 42.9 Å². The Hall–Kier alpha value is -3.03. The first-order valence-corrected chi connectivity index (χ1v) is 11.3. The predicted octanol–water partition coefficient (Wildman–Crippen LogP) is 6.13. The van der Waals surface area contributed by atoms with E-state index >= 15 is 0 Å². The highest BCUT2D eigenvalue weighted by Crippen LogP contribution is 2.28. The van der Waals surface area contributed by atoms with Crippen LogP contribution in [0.25, 0.3) is 22.4 Å². The Morgan fingerprint density at radius 1 is 0.970 bits per heavy atom. The van der Waals surface area contributed by atoms with Crippen LogP contribution in [0.1, 0.15) is 48.0 Å². The molecule has 0 N–H and O–H groups in total. The summed E-state index contributed by atoms with van der Waals surface area (Å²) < 4.78 is 19.7. The number of aryl methyl sites for hydroxylation is 3. The van der Waals surface area contributed by atoms with Crippen molar-refractivity contribution in [2.45, 2.75) is 46.1 Å². The van der Waals surface area contributed by atoms with E-state index in [-0.39, 0.29) is 0 Å². The van der Waals surface area contributed by atoms with Crippen molar-refractivity contribution >= 4 is 22.8 Å². The van der Waals surface area contributed by atoms with Crippen LogP contribution in [0.3, 0.4) is 0 Å². The van der Waals surface area contributed by atoms with Crippen molar-refractivity contribution in [3.8, 4) is 11.3 Å². The van der Waals surface area contributed by atoms with E-state index in [1.807, 2.05) is 27.0 Å². The molecule has 5 rings (SSSR count). The highest BCUT2D eigenvalue weighted by atomic mass is 35.5. The fourth-order valence-electron chi connectivity index (χ4n) is 3.69.